The standard InChI is InChI=1S/C12H20O5/c1-3-4-5-6-7-16-12-11(15)10(14)9(13)8(2)17-12/h3-6,8-15H,7H2,1-2H3/t8?,9-,10?,11?,12+/m0/s1. The molecular weight excluding hydrogens is 224 g/mol. The molecular formula is C12H20O5. The molecule has 5 nitrogen and oxygen atoms in total. The molecule has 0 aliphatic carbocycles. The average molecular weight is 244 g/mol. The number of allylic oxidation sites excluding steroid dienone is 3. The topological polar surface area (TPSA) is 79.2 Å². The molecule has 1 fully saturated rings. The second-order valence-electron chi connectivity index (χ2n) is 3.97. The maximum absolute atomic E-state index is 9.63. The van der Waals surface area contributed by atoms with Gasteiger partial charge in [0.05, 0.1) is 12.7 Å². The molecule has 0 bridgehead atoms. The van der Waals surface area contributed by atoms with Gasteiger partial charge >= 0.3 is 0 Å². The van der Waals surface area contributed by atoms with Crippen LogP contribution in [0.1, 0.15) is 13.8 Å². The first-order valence-electron chi connectivity index (χ1n) is 5.67. The monoisotopic (exact) mass is 244 g/mol. The minimum Gasteiger partial charge on any atom is -0.388 e. The highest BCUT2D eigenvalue weighted by Crippen LogP contribution is 2.21. The van der Waals surface area contributed by atoms with Gasteiger partial charge in [0.1, 0.15) is 18.3 Å². The van der Waals surface area contributed by atoms with Crippen LogP contribution in [-0.4, -0.2) is 52.6 Å². The minimum absolute atomic E-state index is 0.265. The molecule has 0 aromatic heterocycles. The molecule has 98 valence electrons. The van der Waals surface area contributed by atoms with Crippen molar-refractivity contribution in [1.29, 1.82) is 0 Å². The van der Waals surface area contributed by atoms with Crippen LogP contribution in [0.25, 0.3) is 0 Å². The van der Waals surface area contributed by atoms with Crippen LogP contribution in [-0.2, 0) is 9.47 Å². The Morgan fingerprint density at radius 3 is 2.47 bits per heavy atom. The Bertz CT molecular complexity index is 276. The molecule has 5 atom stereocenters. The van der Waals surface area contributed by atoms with Crippen molar-refractivity contribution in [3.8, 4) is 0 Å². The van der Waals surface area contributed by atoms with E-state index in [0.29, 0.717) is 0 Å². The fourth-order valence-electron chi connectivity index (χ4n) is 1.55. The van der Waals surface area contributed by atoms with Crippen molar-refractivity contribution < 1.29 is 24.8 Å². The van der Waals surface area contributed by atoms with Crippen molar-refractivity contribution in [2.75, 3.05) is 6.61 Å². The summed E-state index contributed by atoms with van der Waals surface area (Å²) in [6, 6.07) is 0. The second-order valence-corrected chi connectivity index (χ2v) is 3.97. The average Bonchev–Trinajstić information content (AvgIpc) is 2.32. The number of rotatable bonds is 4. The number of aliphatic hydroxyl groups is 3. The van der Waals surface area contributed by atoms with Gasteiger partial charge < -0.3 is 24.8 Å². The summed E-state index contributed by atoms with van der Waals surface area (Å²) in [5, 5.41) is 28.6. The Labute approximate surface area is 101 Å². The molecule has 3 unspecified atom stereocenters. The van der Waals surface area contributed by atoms with E-state index in [9.17, 15) is 15.3 Å². The number of hydrogen-bond acceptors (Lipinski definition) is 5. The zero-order valence-corrected chi connectivity index (χ0v) is 10.1. The largest absolute Gasteiger partial charge is 0.388 e. The Hall–Kier alpha value is -0.720. The maximum atomic E-state index is 9.63. The summed E-state index contributed by atoms with van der Waals surface area (Å²) in [6.45, 7) is 3.78. The Kier molecular flexibility index (Phi) is 5.80. The van der Waals surface area contributed by atoms with Gasteiger partial charge in [-0.15, -0.1) is 0 Å². The fraction of sp³-hybridized carbons (Fsp3) is 0.667. The molecule has 0 amide bonds. The smallest absolute Gasteiger partial charge is 0.186 e. The molecule has 0 saturated carbocycles. The van der Waals surface area contributed by atoms with Gasteiger partial charge in [0.2, 0.25) is 0 Å². The van der Waals surface area contributed by atoms with Gasteiger partial charge in [-0.25, -0.2) is 0 Å². The molecule has 0 aromatic carbocycles. The van der Waals surface area contributed by atoms with Crippen molar-refractivity contribution in [1.82, 2.24) is 0 Å². The quantitative estimate of drug-likeness (QED) is 0.605. The van der Waals surface area contributed by atoms with E-state index in [0.717, 1.165) is 0 Å². The van der Waals surface area contributed by atoms with E-state index in [2.05, 4.69) is 0 Å². The Balaban J connectivity index is 2.42. The van der Waals surface area contributed by atoms with Crippen LogP contribution in [0.2, 0.25) is 0 Å². The maximum Gasteiger partial charge on any atom is 0.186 e. The van der Waals surface area contributed by atoms with Crippen molar-refractivity contribution in [2.24, 2.45) is 0 Å². The van der Waals surface area contributed by atoms with Gasteiger partial charge in [-0.1, -0.05) is 24.3 Å². The van der Waals surface area contributed by atoms with Gasteiger partial charge in [-0.3, -0.25) is 0 Å². The second kappa shape index (κ2) is 6.88. The van der Waals surface area contributed by atoms with Crippen molar-refractivity contribution in [3.05, 3.63) is 24.3 Å². The van der Waals surface area contributed by atoms with Crippen LogP contribution in [0.3, 0.4) is 0 Å². The third kappa shape index (κ3) is 3.90. The summed E-state index contributed by atoms with van der Waals surface area (Å²) in [5.41, 5.74) is 0. The molecule has 0 aromatic rings. The van der Waals surface area contributed by atoms with Crippen molar-refractivity contribution in [2.45, 2.75) is 44.6 Å². The Morgan fingerprint density at radius 2 is 1.82 bits per heavy atom. The third-order valence-corrected chi connectivity index (χ3v) is 2.60. The molecule has 3 N–H and O–H groups in total. The lowest BCUT2D eigenvalue weighted by Crippen LogP contribution is -2.57. The van der Waals surface area contributed by atoms with Gasteiger partial charge in [0, 0.05) is 0 Å². The highest BCUT2D eigenvalue weighted by molar-refractivity contribution is 5.01. The molecule has 1 saturated heterocycles. The summed E-state index contributed by atoms with van der Waals surface area (Å²) in [5.74, 6) is 0. The lowest BCUT2D eigenvalue weighted by Gasteiger charge is -2.38. The van der Waals surface area contributed by atoms with Crippen LogP contribution in [0, 0.1) is 0 Å². The van der Waals surface area contributed by atoms with Gasteiger partial charge in [-0.2, -0.15) is 0 Å². The minimum atomic E-state index is -1.25. The van der Waals surface area contributed by atoms with Crippen LogP contribution in [0.5, 0.6) is 0 Å². The van der Waals surface area contributed by atoms with Crippen LogP contribution < -0.4 is 0 Å². The molecule has 1 aliphatic rings. The SMILES string of the molecule is CC=CC=CCO[C@@H]1OC(C)[C@H](O)C(O)C1O. The van der Waals surface area contributed by atoms with Crippen molar-refractivity contribution >= 4 is 0 Å². The summed E-state index contributed by atoms with van der Waals surface area (Å²) in [6.07, 6.45) is 2.23. The summed E-state index contributed by atoms with van der Waals surface area (Å²) in [7, 11) is 0. The molecule has 1 aliphatic heterocycles. The number of hydrogen-bond donors (Lipinski definition) is 3. The third-order valence-electron chi connectivity index (χ3n) is 2.60. The molecule has 5 heteroatoms. The molecule has 1 rings (SSSR count). The van der Waals surface area contributed by atoms with E-state index >= 15 is 0 Å². The van der Waals surface area contributed by atoms with E-state index in [-0.39, 0.29) is 6.61 Å². The number of aliphatic hydroxyl groups excluding tert-OH is 3. The van der Waals surface area contributed by atoms with Gasteiger partial charge in [0.15, 0.2) is 6.29 Å². The lowest BCUT2D eigenvalue weighted by molar-refractivity contribution is -0.290. The molecule has 17 heavy (non-hydrogen) atoms. The lowest BCUT2D eigenvalue weighted by atomic mass is 10.0. The van der Waals surface area contributed by atoms with Crippen LogP contribution >= 0.6 is 0 Å². The first kappa shape index (κ1) is 14.3. The van der Waals surface area contributed by atoms with E-state index < -0.39 is 30.7 Å². The molecule has 0 radical (unpaired) electrons. The highest BCUT2D eigenvalue weighted by Gasteiger charge is 2.42. The predicted molar refractivity (Wildman–Crippen MR) is 62.3 cm³/mol. The van der Waals surface area contributed by atoms with Crippen LogP contribution in [0.4, 0.5) is 0 Å². The zero-order chi connectivity index (χ0) is 12.8. The van der Waals surface area contributed by atoms with E-state index in [1.165, 1.54) is 0 Å². The fourth-order valence-corrected chi connectivity index (χ4v) is 1.55. The summed E-state index contributed by atoms with van der Waals surface area (Å²) < 4.78 is 10.5. The zero-order valence-electron chi connectivity index (χ0n) is 10.1. The molecule has 0 spiro atoms. The van der Waals surface area contributed by atoms with Gasteiger partial charge in [-0.05, 0) is 13.8 Å². The van der Waals surface area contributed by atoms with E-state index in [4.69, 9.17) is 9.47 Å². The first-order valence-corrected chi connectivity index (χ1v) is 5.67. The number of ether oxygens (including phenoxy) is 2. The first-order chi connectivity index (χ1) is 8.07. The summed E-state index contributed by atoms with van der Waals surface area (Å²) >= 11 is 0. The summed E-state index contributed by atoms with van der Waals surface area (Å²) in [4.78, 5) is 0. The van der Waals surface area contributed by atoms with Crippen LogP contribution in [0.15, 0.2) is 24.3 Å². The van der Waals surface area contributed by atoms with E-state index in [1.807, 2.05) is 25.2 Å². The molecule has 1 heterocycles. The normalized spacial score (nSPS) is 39.2. The Morgan fingerprint density at radius 1 is 1.12 bits per heavy atom. The van der Waals surface area contributed by atoms with Gasteiger partial charge in [0.25, 0.3) is 0 Å². The van der Waals surface area contributed by atoms with E-state index in [1.54, 1.807) is 13.0 Å². The highest BCUT2D eigenvalue weighted by atomic mass is 16.7. The predicted octanol–water partition coefficient (Wildman–Crippen LogP) is -0.0372. The van der Waals surface area contributed by atoms with Crippen molar-refractivity contribution in [3.63, 3.8) is 0 Å².